The van der Waals surface area contributed by atoms with Gasteiger partial charge in [-0.2, -0.15) is 0 Å². The molecule has 1 aliphatic heterocycles. The lowest BCUT2D eigenvalue weighted by Gasteiger charge is -2.23. The fourth-order valence-corrected chi connectivity index (χ4v) is 2.68. The highest BCUT2D eigenvalue weighted by Gasteiger charge is 2.20. The molecule has 0 saturated carbocycles. The number of hydrogen-bond donors (Lipinski definition) is 3. The zero-order valence-electron chi connectivity index (χ0n) is 13.2. The number of nitrogens with two attached hydrogens (primary N) is 1. The molecule has 0 radical (unpaired) electrons. The number of amides is 2. The molecule has 6 nitrogen and oxygen atoms in total. The number of benzene rings is 1. The van der Waals surface area contributed by atoms with Crippen molar-refractivity contribution in [2.24, 2.45) is 11.7 Å². The maximum atomic E-state index is 12.3. The molecule has 1 atom stereocenters. The van der Waals surface area contributed by atoms with Crippen molar-refractivity contribution in [3.8, 4) is 0 Å². The second-order valence-electron chi connectivity index (χ2n) is 5.74. The van der Waals surface area contributed by atoms with Gasteiger partial charge in [0.1, 0.15) is 0 Å². The van der Waals surface area contributed by atoms with Crippen LogP contribution in [0.4, 0.5) is 11.4 Å². The van der Waals surface area contributed by atoms with Gasteiger partial charge in [-0.05, 0) is 38.1 Å². The first-order valence-corrected chi connectivity index (χ1v) is 7.67. The van der Waals surface area contributed by atoms with E-state index in [4.69, 9.17) is 5.73 Å². The number of nitrogens with zero attached hydrogens (tertiary/aromatic N) is 1. The molecular weight excluding hydrogens is 280 g/mol. The van der Waals surface area contributed by atoms with Crippen LogP contribution in [0.2, 0.25) is 0 Å². The first-order valence-electron chi connectivity index (χ1n) is 7.67. The molecule has 0 spiro atoms. The largest absolute Gasteiger partial charge is 0.370 e. The zero-order valence-corrected chi connectivity index (χ0v) is 13.2. The van der Waals surface area contributed by atoms with Gasteiger partial charge in [0.05, 0.1) is 11.4 Å². The van der Waals surface area contributed by atoms with Crippen molar-refractivity contribution in [1.82, 2.24) is 5.32 Å². The number of rotatable bonds is 6. The molecule has 2 amide bonds. The van der Waals surface area contributed by atoms with Crippen LogP contribution in [0.3, 0.4) is 0 Å². The minimum atomic E-state index is -0.494. The van der Waals surface area contributed by atoms with Gasteiger partial charge in [0.25, 0.3) is 0 Å². The van der Waals surface area contributed by atoms with Gasteiger partial charge >= 0.3 is 0 Å². The molecule has 1 aliphatic rings. The van der Waals surface area contributed by atoms with Crippen LogP contribution < -0.4 is 21.3 Å². The number of carbonyl (C=O) groups is 2. The lowest BCUT2D eigenvalue weighted by Crippen LogP contribution is -2.30. The molecule has 0 aliphatic carbocycles. The summed E-state index contributed by atoms with van der Waals surface area (Å²) >= 11 is 0. The van der Waals surface area contributed by atoms with Crippen LogP contribution in [0.25, 0.3) is 0 Å². The van der Waals surface area contributed by atoms with E-state index in [0.29, 0.717) is 17.8 Å². The molecule has 1 heterocycles. The van der Waals surface area contributed by atoms with Gasteiger partial charge in [0.15, 0.2) is 0 Å². The Balaban J connectivity index is 2.26. The summed E-state index contributed by atoms with van der Waals surface area (Å²) in [6.45, 7) is 4.38. The van der Waals surface area contributed by atoms with Crippen molar-refractivity contribution >= 4 is 23.2 Å². The summed E-state index contributed by atoms with van der Waals surface area (Å²) in [5.41, 5.74) is 7.36. The molecule has 1 aromatic rings. The minimum absolute atomic E-state index is 0.0728. The predicted octanol–water partition coefficient (Wildman–Crippen LogP) is 1.18. The van der Waals surface area contributed by atoms with Gasteiger partial charge in [-0.25, -0.2) is 0 Å². The molecular formula is C16H24N4O2. The van der Waals surface area contributed by atoms with E-state index in [9.17, 15) is 9.59 Å². The second-order valence-corrected chi connectivity index (χ2v) is 5.74. The minimum Gasteiger partial charge on any atom is -0.370 e. The van der Waals surface area contributed by atoms with Crippen molar-refractivity contribution in [2.75, 3.05) is 36.9 Å². The highest BCUT2D eigenvalue weighted by Crippen LogP contribution is 2.30. The summed E-state index contributed by atoms with van der Waals surface area (Å²) in [6, 6.07) is 5.24. The van der Waals surface area contributed by atoms with Crippen molar-refractivity contribution in [3.63, 3.8) is 0 Å². The predicted molar refractivity (Wildman–Crippen MR) is 88.1 cm³/mol. The summed E-state index contributed by atoms with van der Waals surface area (Å²) < 4.78 is 0. The number of hydrogen-bond acceptors (Lipinski definition) is 4. The Morgan fingerprint density at radius 3 is 2.59 bits per heavy atom. The lowest BCUT2D eigenvalue weighted by atomic mass is 10.1. The highest BCUT2D eigenvalue weighted by molar-refractivity contribution is 6.00. The third kappa shape index (κ3) is 3.76. The van der Waals surface area contributed by atoms with Crippen LogP contribution in [0.15, 0.2) is 18.2 Å². The SMILES string of the molecule is CNCC(C)C(=O)Nc1cc(C(N)=O)ccc1N1CCCC1. The molecule has 1 saturated heterocycles. The molecule has 120 valence electrons. The molecule has 6 heteroatoms. The summed E-state index contributed by atoms with van der Waals surface area (Å²) in [4.78, 5) is 25.9. The normalized spacial score (nSPS) is 15.6. The first kappa shape index (κ1) is 16.3. The van der Waals surface area contributed by atoms with Gasteiger partial charge in [0.2, 0.25) is 11.8 Å². The topological polar surface area (TPSA) is 87.5 Å². The number of nitrogens with one attached hydrogen (secondary N) is 2. The van der Waals surface area contributed by atoms with Gasteiger partial charge < -0.3 is 21.3 Å². The van der Waals surface area contributed by atoms with E-state index in [1.165, 1.54) is 0 Å². The van der Waals surface area contributed by atoms with E-state index in [1.807, 2.05) is 20.0 Å². The van der Waals surface area contributed by atoms with Crippen LogP contribution in [0.1, 0.15) is 30.1 Å². The maximum Gasteiger partial charge on any atom is 0.248 e. The third-order valence-electron chi connectivity index (χ3n) is 3.94. The number of carbonyl (C=O) groups excluding carboxylic acids is 2. The Kier molecular flexibility index (Phi) is 5.38. The molecule has 0 bridgehead atoms. The molecule has 22 heavy (non-hydrogen) atoms. The van der Waals surface area contributed by atoms with Crippen molar-refractivity contribution < 1.29 is 9.59 Å². The molecule has 0 aromatic heterocycles. The Morgan fingerprint density at radius 2 is 2.00 bits per heavy atom. The van der Waals surface area contributed by atoms with Crippen LogP contribution in [-0.4, -0.2) is 38.5 Å². The first-order chi connectivity index (χ1) is 10.5. The molecule has 2 rings (SSSR count). The van der Waals surface area contributed by atoms with Crippen LogP contribution in [0, 0.1) is 5.92 Å². The Morgan fingerprint density at radius 1 is 1.32 bits per heavy atom. The Labute approximate surface area is 131 Å². The van der Waals surface area contributed by atoms with Crippen LogP contribution >= 0.6 is 0 Å². The van der Waals surface area contributed by atoms with E-state index in [1.54, 1.807) is 12.1 Å². The molecule has 1 fully saturated rings. The van der Waals surface area contributed by atoms with Crippen LogP contribution in [0.5, 0.6) is 0 Å². The van der Waals surface area contributed by atoms with Gasteiger partial charge in [-0.3, -0.25) is 9.59 Å². The zero-order chi connectivity index (χ0) is 16.1. The van der Waals surface area contributed by atoms with Gasteiger partial charge in [-0.1, -0.05) is 6.92 Å². The fourth-order valence-electron chi connectivity index (χ4n) is 2.68. The number of anilines is 2. The van der Waals surface area contributed by atoms with E-state index < -0.39 is 5.91 Å². The van der Waals surface area contributed by atoms with E-state index in [2.05, 4.69) is 15.5 Å². The molecule has 1 unspecified atom stereocenters. The standard InChI is InChI=1S/C16H24N4O2/c1-11(10-18-2)16(22)19-13-9-12(15(17)21)5-6-14(13)20-7-3-4-8-20/h5-6,9,11,18H,3-4,7-8,10H2,1-2H3,(H2,17,21)(H,19,22). The van der Waals surface area contributed by atoms with Crippen molar-refractivity contribution in [3.05, 3.63) is 23.8 Å². The Bertz CT molecular complexity index is 553. The second kappa shape index (κ2) is 7.26. The van der Waals surface area contributed by atoms with Crippen LogP contribution in [-0.2, 0) is 4.79 Å². The Hall–Kier alpha value is -2.08. The monoisotopic (exact) mass is 304 g/mol. The van der Waals surface area contributed by atoms with E-state index >= 15 is 0 Å². The number of primary amides is 1. The van der Waals surface area contributed by atoms with Gasteiger partial charge in [-0.15, -0.1) is 0 Å². The van der Waals surface area contributed by atoms with E-state index in [-0.39, 0.29) is 11.8 Å². The molecule has 4 N–H and O–H groups in total. The third-order valence-corrected chi connectivity index (χ3v) is 3.94. The summed E-state index contributed by atoms with van der Waals surface area (Å²) in [6.07, 6.45) is 2.28. The van der Waals surface area contributed by atoms with Crippen molar-refractivity contribution in [1.29, 1.82) is 0 Å². The highest BCUT2D eigenvalue weighted by atomic mass is 16.2. The summed E-state index contributed by atoms with van der Waals surface area (Å²) in [7, 11) is 1.81. The summed E-state index contributed by atoms with van der Waals surface area (Å²) in [5.74, 6) is -0.725. The average Bonchev–Trinajstić information content (AvgIpc) is 3.01. The smallest absolute Gasteiger partial charge is 0.248 e. The van der Waals surface area contributed by atoms with Gasteiger partial charge in [0, 0.05) is 31.1 Å². The van der Waals surface area contributed by atoms with E-state index in [0.717, 1.165) is 31.6 Å². The summed E-state index contributed by atoms with van der Waals surface area (Å²) in [5, 5.41) is 5.93. The quantitative estimate of drug-likeness (QED) is 0.736. The molecule has 1 aromatic carbocycles. The van der Waals surface area contributed by atoms with Crippen molar-refractivity contribution in [2.45, 2.75) is 19.8 Å². The fraction of sp³-hybridized carbons (Fsp3) is 0.500. The lowest BCUT2D eigenvalue weighted by molar-refractivity contribution is -0.119. The maximum absolute atomic E-state index is 12.3. The average molecular weight is 304 g/mol.